The van der Waals surface area contributed by atoms with Gasteiger partial charge in [0.15, 0.2) is 0 Å². The molecule has 4 heteroatoms. The Morgan fingerprint density at radius 1 is 1.40 bits per heavy atom. The maximum Gasteiger partial charge on any atom is 0.225 e. The van der Waals surface area contributed by atoms with Crippen LogP contribution < -0.4 is 10.6 Å². The molecule has 82 valence electrons. The summed E-state index contributed by atoms with van der Waals surface area (Å²) in [5.74, 6) is -0.0240. The summed E-state index contributed by atoms with van der Waals surface area (Å²) in [6.45, 7) is 3.57. The van der Waals surface area contributed by atoms with E-state index in [9.17, 15) is 4.79 Å². The summed E-state index contributed by atoms with van der Waals surface area (Å²) in [5.41, 5.74) is 0.667. The number of hydrogen-bond donors (Lipinski definition) is 2. The van der Waals surface area contributed by atoms with Crippen LogP contribution in [0.1, 0.15) is 13.3 Å². The van der Waals surface area contributed by atoms with Gasteiger partial charge in [0.25, 0.3) is 0 Å². The third kappa shape index (κ3) is 4.32. The summed E-state index contributed by atoms with van der Waals surface area (Å²) in [5, 5.41) is 6.41. The second kappa shape index (κ2) is 6.43. The van der Waals surface area contributed by atoms with Crippen molar-refractivity contribution in [1.29, 1.82) is 0 Å². The average Bonchev–Trinajstić information content (AvgIpc) is 2.22. The lowest BCUT2D eigenvalue weighted by Crippen LogP contribution is -2.21. The Hall–Kier alpha value is -1.06. The first-order valence-corrected chi connectivity index (χ1v) is 5.37. The van der Waals surface area contributed by atoms with Crippen LogP contribution in [0.15, 0.2) is 24.3 Å². The Morgan fingerprint density at radius 3 is 2.80 bits per heavy atom. The van der Waals surface area contributed by atoms with Gasteiger partial charge in [-0.2, -0.15) is 0 Å². The lowest BCUT2D eigenvalue weighted by atomic mass is 10.3. The third-order valence-electron chi connectivity index (χ3n) is 1.93. The highest BCUT2D eigenvalue weighted by Gasteiger charge is 2.03. The number of amides is 1. The SMILES string of the molecule is CCNCCC(=O)Nc1ccccc1Cl. The second-order valence-electron chi connectivity index (χ2n) is 3.13. The van der Waals surface area contributed by atoms with Crippen molar-refractivity contribution >= 4 is 23.2 Å². The molecule has 0 aromatic heterocycles. The standard InChI is InChI=1S/C11H15ClN2O/c1-2-13-8-7-11(15)14-10-6-4-3-5-9(10)12/h3-6,13H,2,7-8H2,1H3,(H,14,15). The number of carbonyl (C=O) groups is 1. The molecule has 0 aliphatic rings. The van der Waals surface area contributed by atoms with Gasteiger partial charge in [0.05, 0.1) is 10.7 Å². The van der Waals surface area contributed by atoms with Gasteiger partial charge in [0, 0.05) is 13.0 Å². The minimum Gasteiger partial charge on any atom is -0.325 e. The summed E-state index contributed by atoms with van der Waals surface area (Å²) in [6, 6.07) is 7.21. The number of halogens is 1. The van der Waals surface area contributed by atoms with Crippen molar-refractivity contribution in [3.05, 3.63) is 29.3 Å². The molecule has 2 N–H and O–H groups in total. The molecule has 0 aliphatic heterocycles. The average molecular weight is 227 g/mol. The molecule has 0 unspecified atom stereocenters. The fourth-order valence-corrected chi connectivity index (χ4v) is 1.34. The topological polar surface area (TPSA) is 41.1 Å². The first kappa shape index (κ1) is 12.0. The molecule has 3 nitrogen and oxygen atoms in total. The summed E-state index contributed by atoms with van der Waals surface area (Å²) in [7, 11) is 0. The highest BCUT2D eigenvalue weighted by atomic mass is 35.5. The monoisotopic (exact) mass is 226 g/mol. The van der Waals surface area contributed by atoms with Crippen LogP contribution in [0.3, 0.4) is 0 Å². The Kier molecular flexibility index (Phi) is 5.15. The zero-order valence-corrected chi connectivity index (χ0v) is 9.47. The van der Waals surface area contributed by atoms with Gasteiger partial charge < -0.3 is 10.6 Å². The largest absolute Gasteiger partial charge is 0.325 e. The molecule has 15 heavy (non-hydrogen) atoms. The van der Waals surface area contributed by atoms with Gasteiger partial charge in [-0.05, 0) is 18.7 Å². The molecule has 0 aliphatic carbocycles. The first-order valence-electron chi connectivity index (χ1n) is 4.99. The Labute approximate surface area is 94.8 Å². The molecule has 1 aromatic carbocycles. The molecule has 0 saturated carbocycles. The number of hydrogen-bond acceptors (Lipinski definition) is 2. The predicted octanol–water partition coefficient (Wildman–Crippen LogP) is 2.28. The van der Waals surface area contributed by atoms with Crippen molar-refractivity contribution in [3.8, 4) is 0 Å². The van der Waals surface area contributed by atoms with Crippen LogP contribution in [-0.2, 0) is 4.79 Å². The smallest absolute Gasteiger partial charge is 0.225 e. The van der Waals surface area contributed by atoms with Crippen molar-refractivity contribution in [3.63, 3.8) is 0 Å². The van der Waals surface area contributed by atoms with Crippen molar-refractivity contribution in [2.45, 2.75) is 13.3 Å². The molecule has 0 fully saturated rings. The van der Waals surface area contributed by atoms with Gasteiger partial charge >= 0.3 is 0 Å². The lowest BCUT2D eigenvalue weighted by Gasteiger charge is -2.06. The summed E-state index contributed by atoms with van der Waals surface area (Å²) >= 11 is 5.90. The van der Waals surface area contributed by atoms with Crippen LogP contribution >= 0.6 is 11.6 Å². The van der Waals surface area contributed by atoms with E-state index in [1.54, 1.807) is 12.1 Å². The van der Waals surface area contributed by atoms with E-state index in [-0.39, 0.29) is 5.91 Å². The number of benzene rings is 1. The van der Waals surface area contributed by atoms with Gasteiger partial charge in [0.2, 0.25) is 5.91 Å². The summed E-state index contributed by atoms with van der Waals surface area (Å²) < 4.78 is 0. The Morgan fingerprint density at radius 2 is 2.13 bits per heavy atom. The fourth-order valence-electron chi connectivity index (χ4n) is 1.15. The van der Waals surface area contributed by atoms with E-state index in [4.69, 9.17) is 11.6 Å². The number of rotatable bonds is 5. The maximum atomic E-state index is 11.4. The molecule has 0 atom stereocenters. The number of carbonyl (C=O) groups excluding carboxylic acids is 1. The number of nitrogens with one attached hydrogen (secondary N) is 2. The highest BCUT2D eigenvalue weighted by Crippen LogP contribution is 2.20. The number of para-hydroxylation sites is 1. The van der Waals surface area contributed by atoms with Crippen LogP contribution in [0, 0.1) is 0 Å². The maximum absolute atomic E-state index is 11.4. The molecule has 0 bridgehead atoms. The minimum absolute atomic E-state index is 0.0240. The van der Waals surface area contributed by atoms with Crippen molar-refractivity contribution < 1.29 is 4.79 Å². The summed E-state index contributed by atoms with van der Waals surface area (Å²) in [6.07, 6.45) is 0.457. The predicted molar refractivity (Wildman–Crippen MR) is 63.2 cm³/mol. The van der Waals surface area contributed by atoms with E-state index >= 15 is 0 Å². The highest BCUT2D eigenvalue weighted by molar-refractivity contribution is 6.33. The van der Waals surface area contributed by atoms with E-state index in [1.807, 2.05) is 19.1 Å². The quantitative estimate of drug-likeness (QED) is 0.757. The number of anilines is 1. The zero-order valence-electron chi connectivity index (χ0n) is 8.72. The molecular formula is C11H15ClN2O. The van der Waals surface area contributed by atoms with Gasteiger partial charge in [0.1, 0.15) is 0 Å². The van der Waals surface area contributed by atoms with E-state index in [0.29, 0.717) is 23.7 Å². The molecule has 0 heterocycles. The van der Waals surface area contributed by atoms with Crippen LogP contribution in [0.2, 0.25) is 5.02 Å². The molecular weight excluding hydrogens is 212 g/mol. The molecule has 0 spiro atoms. The van der Waals surface area contributed by atoms with Gasteiger partial charge in [-0.1, -0.05) is 30.7 Å². The van der Waals surface area contributed by atoms with Crippen LogP contribution in [-0.4, -0.2) is 19.0 Å². The normalized spacial score (nSPS) is 10.0. The molecule has 0 radical (unpaired) electrons. The fraction of sp³-hybridized carbons (Fsp3) is 0.364. The van der Waals surface area contributed by atoms with Gasteiger partial charge in [-0.3, -0.25) is 4.79 Å². The van der Waals surface area contributed by atoms with Crippen LogP contribution in [0.25, 0.3) is 0 Å². The Balaban J connectivity index is 2.41. The molecule has 0 saturated heterocycles. The van der Waals surface area contributed by atoms with Crippen LogP contribution in [0.4, 0.5) is 5.69 Å². The van der Waals surface area contributed by atoms with Gasteiger partial charge in [-0.15, -0.1) is 0 Å². The Bertz CT molecular complexity index is 328. The van der Waals surface area contributed by atoms with E-state index < -0.39 is 0 Å². The molecule has 1 amide bonds. The molecule has 1 rings (SSSR count). The molecule has 1 aromatic rings. The lowest BCUT2D eigenvalue weighted by molar-refractivity contribution is -0.116. The third-order valence-corrected chi connectivity index (χ3v) is 2.26. The summed E-state index contributed by atoms with van der Waals surface area (Å²) in [4.78, 5) is 11.4. The van der Waals surface area contributed by atoms with Crippen molar-refractivity contribution in [1.82, 2.24) is 5.32 Å². The first-order chi connectivity index (χ1) is 7.24. The van der Waals surface area contributed by atoms with E-state index in [2.05, 4.69) is 10.6 Å². The van der Waals surface area contributed by atoms with Crippen LogP contribution in [0.5, 0.6) is 0 Å². The van der Waals surface area contributed by atoms with E-state index in [0.717, 1.165) is 6.54 Å². The van der Waals surface area contributed by atoms with E-state index in [1.165, 1.54) is 0 Å². The van der Waals surface area contributed by atoms with Gasteiger partial charge in [-0.25, -0.2) is 0 Å². The van der Waals surface area contributed by atoms with Crippen molar-refractivity contribution in [2.24, 2.45) is 0 Å². The zero-order chi connectivity index (χ0) is 11.1. The minimum atomic E-state index is -0.0240. The van der Waals surface area contributed by atoms with Crippen molar-refractivity contribution in [2.75, 3.05) is 18.4 Å². The second-order valence-corrected chi connectivity index (χ2v) is 3.54.